The molecule has 0 aliphatic rings. The van der Waals surface area contributed by atoms with Crippen molar-refractivity contribution in [3.05, 3.63) is 76.6 Å². The van der Waals surface area contributed by atoms with Crippen LogP contribution in [0, 0.1) is 0 Å². The smallest absolute Gasteiger partial charge is 0.276 e. The highest BCUT2D eigenvalue weighted by Crippen LogP contribution is 2.23. The lowest BCUT2D eigenvalue weighted by Gasteiger charge is -2.08. The Morgan fingerprint density at radius 3 is 2.71 bits per heavy atom. The van der Waals surface area contributed by atoms with E-state index in [9.17, 15) is 4.79 Å². The van der Waals surface area contributed by atoms with Gasteiger partial charge in [-0.1, -0.05) is 35.9 Å². The molecule has 1 aromatic heterocycles. The Kier molecular flexibility index (Phi) is 4.82. The van der Waals surface area contributed by atoms with Crippen molar-refractivity contribution < 1.29 is 9.53 Å². The van der Waals surface area contributed by atoms with Crippen LogP contribution in [0.3, 0.4) is 0 Å². The minimum absolute atomic E-state index is 0.293. The summed E-state index contributed by atoms with van der Waals surface area (Å²) in [7, 11) is 1.56. The molecule has 0 saturated carbocycles. The van der Waals surface area contributed by atoms with Gasteiger partial charge in [-0.3, -0.25) is 9.89 Å². The molecule has 0 unspecified atom stereocenters. The largest absolute Gasteiger partial charge is 0.495 e. The van der Waals surface area contributed by atoms with E-state index in [1.807, 2.05) is 36.4 Å². The van der Waals surface area contributed by atoms with Gasteiger partial charge in [0.2, 0.25) is 0 Å². The van der Waals surface area contributed by atoms with Crippen molar-refractivity contribution in [2.24, 2.45) is 0 Å². The second kappa shape index (κ2) is 7.19. The third-order valence-corrected chi connectivity index (χ3v) is 3.78. The maximum Gasteiger partial charge on any atom is 0.276 e. The molecule has 1 heterocycles. The average Bonchev–Trinajstić information content (AvgIpc) is 3.06. The normalized spacial score (nSPS) is 10.4. The summed E-state index contributed by atoms with van der Waals surface area (Å²) in [6, 6.07) is 16.5. The summed E-state index contributed by atoms with van der Waals surface area (Å²) in [5, 5.41) is 10.5. The lowest BCUT2D eigenvalue weighted by Crippen LogP contribution is -2.13. The van der Waals surface area contributed by atoms with E-state index in [-0.39, 0.29) is 5.91 Å². The molecule has 24 heavy (non-hydrogen) atoms. The van der Waals surface area contributed by atoms with Crippen molar-refractivity contribution in [2.45, 2.75) is 6.42 Å². The van der Waals surface area contributed by atoms with E-state index in [1.165, 1.54) is 0 Å². The number of para-hydroxylation sites is 2. The van der Waals surface area contributed by atoms with E-state index in [2.05, 4.69) is 15.5 Å². The van der Waals surface area contributed by atoms with Crippen molar-refractivity contribution in [3.8, 4) is 5.75 Å². The Labute approximate surface area is 144 Å². The molecule has 0 radical (unpaired) electrons. The van der Waals surface area contributed by atoms with Crippen LogP contribution in [0.5, 0.6) is 5.75 Å². The Balaban J connectivity index is 1.70. The highest BCUT2D eigenvalue weighted by molar-refractivity contribution is 6.30. The molecule has 2 aromatic carbocycles. The number of rotatable bonds is 5. The van der Waals surface area contributed by atoms with Gasteiger partial charge in [0.05, 0.1) is 12.8 Å². The number of H-pyrrole nitrogens is 1. The zero-order valence-corrected chi connectivity index (χ0v) is 13.8. The van der Waals surface area contributed by atoms with Crippen LogP contribution >= 0.6 is 11.6 Å². The summed E-state index contributed by atoms with van der Waals surface area (Å²) >= 11 is 5.88. The SMILES string of the molecule is COc1ccccc1NC(=O)c1cc(Cc2ccc(Cl)cc2)[nH]n1. The van der Waals surface area contributed by atoms with Gasteiger partial charge in [-0.25, -0.2) is 0 Å². The quantitative estimate of drug-likeness (QED) is 0.739. The maximum atomic E-state index is 12.3. The minimum Gasteiger partial charge on any atom is -0.495 e. The Bertz CT molecular complexity index is 843. The van der Waals surface area contributed by atoms with E-state index in [4.69, 9.17) is 16.3 Å². The van der Waals surface area contributed by atoms with Crippen molar-refractivity contribution in [1.29, 1.82) is 0 Å². The molecule has 0 saturated heterocycles. The number of aromatic amines is 1. The summed E-state index contributed by atoms with van der Waals surface area (Å²) in [5.41, 5.74) is 2.86. The van der Waals surface area contributed by atoms with Gasteiger partial charge in [-0.05, 0) is 35.9 Å². The first-order valence-electron chi connectivity index (χ1n) is 7.39. The standard InChI is InChI=1S/C18H16ClN3O2/c1-24-17-5-3-2-4-15(17)20-18(23)16-11-14(21-22-16)10-12-6-8-13(19)9-7-12/h2-9,11H,10H2,1H3,(H,20,23)(H,21,22). The van der Waals surface area contributed by atoms with Gasteiger partial charge in [0, 0.05) is 17.1 Å². The zero-order valence-electron chi connectivity index (χ0n) is 13.0. The number of benzene rings is 2. The highest BCUT2D eigenvalue weighted by Gasteiger charge is 2.13. The molecule has 0 spiro atoms. The van der Waals surface area contributed by atoms with E-state index < -0.39 is 0 Å². The monoisotopic (exact) mass is 341 g/mol. The maximum absolute atomic E-state index is 12.3. The first-order chi connectivity index (χ1) is 11.7. The molecule has 0 aliphatic heterocycles. The minimum atomic E-state index is -0.293. The van der Waals surface area contributed by atoms with Crippen LogP contribution in [-0.4, -0.2) is 23.2 Å². The molecule has 6 heteroatoms. The lowest BCUT2D eigenvalue weighted by molar-refractivity contribution is 0.102. The Morgan fingerprint density at radius 1 is 1.21 bits per heavy atom. The highest BCUT2D eigenvalue weighted by atomic mass is 35.5. The number of hydrogen-bond donors (Lipinski definition) is 2. The number of methoxy groups -OCH3 is 1. The van der Waals surface area contributed by atoms with Crippen LogP contribution in [0.1, 0.15) is 21.7 Å². The van der Waals surface area contributed by atoms with Gasteiger partial charge in [0.15, 0.2) is 5.69 Å². The third-order valence-electron chi connectivity index (χ3n) is 3.53. The summed E-state index contributed by atoms with van der Waals surface area (Å²) in [4.78, 5) is 12.3. The van der Waals surface area contributed by atoms with E-state index >= 15 is 0 Å². The molecule has 122 valence electrons. The molecule has 0 bridgehead atoms. The second-order valence-corrected chi connectivity index (χ2v) is 5.67. The molecule has 5 nitrogen and oxygen atoms in total. The number of nitrogens with zero attached hydrogens (tertiary/aromatic N) is 1. The van der Waals surface area contributed by atoms with Crippen LogP contribution in [0.2, 0.25) is 5.02 Å². The number of anilines is 1. The van der Waals surface area contributed by atoms with Gasteiger partial charge in [0.25, 0.3) is 5.91 Å². The molecule has 3 rings (SSSR count). The van der Waals surface area contributed by atoms with Gasteiger partial charge in [-0.2, -0.15) is 5.10 Å². The van der Waals surface area contributed by atoms with Gasteiger partial charge >= 0.3 is 0 Å². The summed E-state index contributed by atoms with van der Waals surface area (Å²) < 4.78 is 5.22. The van der Waals surface area contributed by atoms with Crippen LogP contribution < -0.4 is 10.1 Å². The van der Waals surface area contributed by atoms with Crippen LogP contribution in [0.15, 0.2) is 54.6 Å². The Hall–Kier alpha value is -2.79. The van der Waals surface area contributed by atoms with Crippen molar-refractivity contribution in [2.75, 3.05) is 12.4 Å². The van der Waals surface area contributed by atoms with Crippen LogP contribution in [0.4, 0.5) is 5.69 Å². The van der Waals surface area contributed by atoms with E-state index in [0.29, 0.717) is 28.6 Å². The molecule has 0 atom stereocenters. The number of carbonyl (C=O) groups is 1. The number of ether oxygens (including phenoxy) is 1. The molecular weight excluding hydrogens is 326 g/mol. The fourth-order valence-electron chi connectivity index (χ4n) is 2.32. The van der Waals surface area contributed by atoms with Gasteiger partial charge in [0.1, 0.15) is 5.75 Å². The predicted octanol–water partition coefficient (Wildman–Crippen LogP) is 3.91. The fourth-order valence-corrected chi connectivity index (χ4v) is 2.45. The zero-order chi connectivity index (χ0) is 16.9. The summed E-state index contributed by atoms with van der Waals surface area (Å²) in [6.45, 7) is 0. The fraction of sp³-hybridized carbons (Fsp3) is 0.111. The summed E-state index contributed by atoms with van der Waals surface area (Å²) in [5.74, 6) is 0.306. The second-order valence-electron chi connectivity index (χ2n) is 5.24. The van der Waals surface area contributed by atoms with Gasteiger partial charge in [-0.15, -0.1) is 0 Å². The number of aromatic nitrogens is 2. The molecule has 2 N–H and O–H groups in total. The summed E-state index contributed by atoms with van der Waals surface area (Å²) in [6.07, 6.45) is 0.645. The Morgan fingerprint density at radius 2 is 1.96 bits per heavy atom. The van der Waals surface area contributed by atoms with Crippen molar-refractivity contribution >= 4 is 23.2 Å². The van der Waals surface area contributed by atoms with Crippen LogP contribution in [-0.2, 0) is 6.42 Å². The topological polar surface area (TPSA) is 67.0 Å². The van der Waals surface area contributed by atoms with E-state index in [0.717, 1.165) is 11.3 Å². The van der Waals surface area contributed by atoms with Crippen molar-refractivity contribution in [1.82, 2.24) is 10.2 Å². The van der Waals surface area contributed by atoms with Crippen LogP contribution in [0.25, 0.3) is 0 Å². The van der Waals surface area contributed by atoms with Crippen molar-refractivity contribution in [3.63, 3.8) is 0 Å². The lowest BCUT2D eigenvalue weighted by atomic mass is 10.1. The number of nitrogens with one attached hydrogen (secondary N) is 2. The first kappa shape index (κ1) is 16.1. The molecular formula is C18H16ClN3O2. The number of carbonyl (C=O) groups excluding carboxylic acids is 1. The first-order valence-corrected chi connectivity index (χ1v) is 7.76. The number of hydrogen-bond acceptors (Lipinski definition) is 3. The molecule has 0 fully saturated rings. The van der Waals surface area contributed by atoms with Gasteiger partial charge < -0.3 is 10.1 Å². The number of amides is 1. The predicted molar refractivity (Wildman–Crippen MR) is 93.8 cm³/mol. The molecule has 3 aromatic rings. The third kappa shape index (κ3) is 3.75. The number of halogens is 1. The molecule has 1 amide bonds. The van der Waals surface area contributed by atoms with E-state index in [1.54, 1.807) is 25.3 Å². The molecule has 0 aliphatic carbocycles. The average molecular weight is 342 g/mol.